The van der Waals surface area contributed by atoms with E-state index in [9.17, 15) is 9.90 Å². The molecule has 2 aliphatic rings. The van der Waals surface area contributed by atoms with Crippen molar-refractivity contribution in [3.8, 4) is 12.3 Å². The Morgan fingerprint density at radius 1 is 1.10 bits per heavy atom. The van der Waals surface area contributed by atoms with E-state index < -0.39 is 12.1 Å². The van der Waals surface area contributed by atoms with Gasteiger partial charge in [0.2, 0.25) is 0 Å². The predicted molar refractivity (Wildman–Crippen MR) is 160 cm³/mol. The normalized spacial score (nSPS) is 17.7. The predicted octanol–water partition coefficient (Wildman–Crippen LogP) is 6.09. The molecule has 1 heterocycles. The summed E-state index contributed by atoms with van der Waals surface area (Å²) in [4.78, 5) is 15.2. The minimum atomic E-state index is -0.695. The van der Waals surface area contributed by atoms with Crippen LogP contribution in [-0.4, -0.2) is 47.8 Å². The summed E-state index contributed by atoms with van der Waals surface area (Å²) >= 11 is 0. The molecule has 2 aromatic carbocycles. The molecular formula is C34H41N3O2. The lowest BCUT2D eigenvalue weighted by Crippen LogP contribution is -2.51. The van der Waals surface area contributed by atoms with Gasteiger partial charge in [0.1, 0.15) is 0 Å². The molecule has 204 valence electrons. The van der Waals surface area contributed by atoms with Gasteiger partial charge in [-0.1, -0.05) is 71.7 Å². The van der Waals surface area contributed by atoms with Crippen LogP contribution >= 0.6 is 0 Å². The SMILES string of the molecule is C#Cc1cccc(NC(=O)NC(Cc2ccccc2)C(O)CN2CCC(CC3=CC=C(CC=C)CC3)CC2)c1. The zero-order chi connectivity index (χ0) is 27.5. The van der Waals surface area contributed by atoms with Crippen molar-refractivity contribution in [1.82, 2.24) is 10.2 Å². The Labute approximate surface area is 233 Å². The van der Waals surface area contributed by atoms with Crippen molar-refractivity contribution in [3.05, 3.63) is 102 Å². The highest BCUT2D eigenvalue weighted by Gasteiger charge is 2.27. The van der Waals surface area contributed by atoms with Crippen LogP contribution in [0.15, 0.2) is 90.6 Å². The molecule has 1 aliphatic heterocycles. The van der Waals surface area contributed by atoms with Crippen molar-refractivity contribution < 1.29 is 9.90 Å². The van der Waals surface area contributed by atoms with Crippen LogP contribution in [-0.2, 0) is 6.42 Å². The number of β-amino-alcohol motifs (C(OH)–C–C–N with tert-alkyl or cyclic N) is 1. The Kier molecular flexibility index (Phi) is 10.6. The number of urea groups is 1. The zero-order valence-corrected chi connectivity index (χ0v) is 22.8. The average Bonchev–Trinajstić information content (AvgIpc) is 2.95. The van der Waals surface area contributed by atoms with E-state index in [-0.39, 0.29) is 6.03 Å². The number of allylic oxidation sites excluding steroid dienone is 5. The van der Waals surface area contributed by atoms with Crippen molar-refractivity contribution in [2.24, 2.45) is 5.92 Å². The molecule has 2 unspecified atom stereocenters. The number of hydrogen-bond donors (Lipinski definition) is 3. The molecule has 1 aliphatic carbocycles. The van der Waals surface area contributed by atoms with E-state index in [1.165, 1.54) is 18.4 Å². The molecular weight excluding hydrogens is 482 g/mol. The van der Waals surface area contributed by atoms with Crippen LogP contribution in [0, 0.1) is 18.3 Å². The molecule has 0 spiro atoms. The van der Waals surface area contributed by atoms with Gasteiger partial charge >= 0.3 is 6.03 Å². The van der Waals surface area contributed by atoms with Crippen LogP contribution in [0.4, 0.5) is 10.5 Å². The molecule has 5 heteroatoms. The van der Waals surface area contributed by atoms with Gasteiger partial charge in [-0.15, -0.1) is 13.0 Å². The van der Waals surface area contributed by atoms with Gasteiger partial charge < -0.3 is 20.6 Å². The van der Waals surface area contributed by atoms with E-state index in [0.29, 0.717) is 30.1 Å². The lowest BCUT2D eigenvalue weighted by molar-refractivity contribution is 0.0658. The topological polar surface area (TPSA) is 64.6 Å². The van der Waals surface area contributed by atoms with Gasteiger partial charge in [-0.25, -0.2) is 4.79 Å². The van der Waals surface area contributed by atoms with Gasteiger partial charge in [-0.3, -0.25) is 0 Å². The molecule has 0 aromatic heterocycles. The van der Waals surface area contributed by atoms with Crippen molar-refractivity contribution in [3.63, 3.8) is 0 Å². The number of aliphatic hydroxyl groups is 1. The summed E-state index contributed by atoms with van der Waals surface area (Å²) in [5.74, 6) is 3.28. The number of piperidine rings is 1. The summed E-state index contributed by atoms with van der Waals surface area (Å²) in [5, 5.41) is 17.2. The lowest BCUT2D eigenvalue weighted by atomic mass is 9.85. The first-order valence-corrected chi connectivity index (χ1v) is 14.1. The summed E-state index contributed by atoms with van der Waals surface area (Å²) in [6, 6.07) is 16.4. The molecule has 0 bridgehead atoms. The number of rotatable bonds is 11. The Morgan fingerprint density at radius 3 is 2.54 bits per heavy atom. The largest absolute Gasteiger partial charge is 0.390 e. The Morgan fingerprint density at radius 2 is 1.85 bits per heavy atom. The first-order valence-electron chi connectivity index (χ1n) is 14.1. The standard InChI is InChI=1S/C34H41N3O2/c1-3-9-27-14-16-29(17-15-27)22-30-18-20-37(21-19-30)25-33(38)32(24-28-10-6-5-7-11-28)36-34(39)35-31-13-8-12-26(4-2)23-31/h2-3,5-8,10-14,16,23,30,32-33,38H,1,9,15,17-22,24-25H2,(H2,35,36,39). The summed E-state index contributed by atoms with van der Waals surface area (Å²) in [7, 11) is 0. The zero-order valence-electron chi connectivity index (χ0n) is 22.8. The van der Waals surface area contributed by atoms with E-state index in [1.807, 2.05) is 48.5 Å². The van der Waals surface area contributed by atoms with Gasteiger partial charge in [-0.2, -0.15) is 0 Å². The second kappa shape index (κ2) is 14.5. The van der Waals surface area contributed by atoms with Crippen LogP contribution < -0.4 is 10.6 Å². The molecule has 1 fully saturated rings. The number of hydrogen-bond acceptors (Lipinski definition) is 3. The van der Waals surface area contributed by atoms with Crippen molar-refractivity contribution >= 4 is 11.7 Å². The first-order chi connectivity index (χ1) is 19.0. The Bertz CT molecular complexity index is 1200. The monoisotopic (exact) mass is 523 g/mol. The molecule has 0 radical (unpaired) electrons. The smallest absolute Gasteiger partial charge is 0.319 e. The van der Waals surface area contributed by atoms with Crippen LogP contribution in [0.2, 0.25) is 0 Å². The molecule has 1 saturated heterocycles. The molecule has 2 amide bonds. The fourth-order valence-corrected chi connectivity index (χ4v) is 5.56. The molecule has 4 rings (SSSR count). The third kappa shape index (κ3) is 8.99. The number of anilines is 1. The highest BCUT2D eigenvalue weighted by Crippen LogP contribution is 2.30. The highest BCUT2D eigenvalue weighted by atomic mass is 16.3. The molecule has 3 N–H and O–H groups in total. The van der Waals surface area contributed by atoms with E-state index in [1.54, 1.807) is 17.7 Å². The summed E-state index contributed by atoms with van der Waals surface area (Å²) in [6.07, 6.45) is 18.7. The first kappa shape index (κ1) is 28.4. The van der Waals surface area contributed by atoms with Crippen molar-refractivity contribution in [1.29, 1.82) is 0 Å². The quantitative estimate of drug-likeness (QED) is 0.247. The number of carbonyl (C=O) groups excluding carboxylic acids is 1. The Balaban J connectivity index is 1.31. The third-order valence-corrected chi connectivity index (χ3v) is 7.80. The summed E-state index contributed by atoms with van der Waals surface area (Å²) < 4.78 is 0. The summed E-state index contributed by atoms with van der Waals surface area (Å²) in [6.45, 7) is 6.32. The van der Waals surface area contributed by atoms with E-state index in [2.05, 4.69) is 40.2 Å². The second-order valence-corrected chi connectivity index (χ2v) is 10.8. The van der Waals surface area contributed by atoms with Crippen LogP contribution in [0.1, 0.15) is 49.7 Å². The number of nitrogens with one attached hydrogen (secondary N) is 2. The van der Waals surface area contributed by atoms with Gasteiger partial charge in [0.15, 0.2) is 0 Å². The number of carbonyl (C=O) groups is 1. The van der Waals surface area contributed by atoms with Crippen LogP contribution in [0.25, 0.3) is 0 Å². The number of amides is 2. The van der Waals surface area contributed by atoms with Gasteiger partial charge in [0, 0.05) is 17.8 Å². The van der Waals surface area contributed by atoms with Crippen molar-refractivity contribution in [2.75, 3.05) is 25.0 Å². The minimum absolute atomic E-state index is 0.353. The van der Waals surface area contributed by atoms with Gasteiger partial charge in [-0.05, 0) is 87.7 Å². The maximum absolute atomic E-state index is 12.9. The Hall–Kier alpha value is -3.59. The van der Waals surface area contributed by atoms with E-state index in [0.717, 1.165) is 44.3 Å². The fraction of sp³-hybridized carbons (Fsp3) is 0.382. The van der Waals surface area contributed by atoms with Crippen LogP contribution in [0.3, 0.4) is 0 Å². The number of likely N-dealkylation sites (tertiary alicyclic amines) is 1. The van der Waals surface area contributed by atoms with E-state index in [4.69, 9.17) is 6.42 Å². The highest BCUT2D eigenvalue weighted by molar-refractivity contribution is 5.89. The van der Waals surface area contributed by atoms with Crippen molar-refractivity contribution in [2.45, 2.75) is 57.1 Å². The van der Waals surface area contributed by atoms with E-state index >= 15 is 0 Å². The molecule has 2 aromatic rings. The molecule has 0 saturated carbocycles. The number of terminal acetylenes is 1. The van der Waals surface area contributed by atoms with Gasteiger partial charge in [0.25, 0.3) is 0 Å². The number of benzene rings is 2. The average molecular weight is 524 g/mol. The molecule has 2 atom stereocenters. The van der Waals surface area contributed by atoms with Gasteiger partial charge in [0.05, 0.1) is 12.1 Å². The second-order valence-electron chi connectivity index (χ2n) is 10.8. The maximum Gasteiger partial charge on any atom is 0.319 e. The fourth-order valence-electron chi connectivity index (χ4n) is 5.56. The third-order valence-electron chi connectivity index (χ3n) is 7.80. The molecule has 39 heavy (non-hydrogen) atoms. The van der Waals surface area contributed by atoms with Crippen LogP contribution in [0.5, 0.6) is 0 Å². The summed E-state index contributed by atoms with van der Waals surface area (Å²) in [5.41, 5.74) is 5.43. The number of aliphatic hydroxyl groups excluding tert-OH is 1. The number of nitrogens with zero attached hydrogens (tertiary/aromatic N) is 1. The minimum Gasteiger partial charge on any atom is -0.390 e. The lowest BCUT2D eigenvalue weighted by Gasteiger charge is -2.35. The maximum atomic E-state index is 12.9. The molecule has 5 nitrogen and oxygen atoms in total.